The molecule has 0 aromatic heterocycles. The van der Waals surface area contributed by atoms with Gasteiger partial charge in [-0.1, -0.05) is 18.2 Å². The second kappa shape index (κ2) is 6.80. The lowest BCUT2D eigenvalue weighted by atomic mass is 9.98. The summed E-state index contributed by atoms with van der Waals surface area (Å²) in [7, 11) is 1.58. The molecule has 2 aromatic rings. The Balaban J connectivity index is 2.25. The molecule has 0 aliphatic rings. The minimum Gasteiger partial charge on any atom is -0.508 e. The van der Waals surface area contributed by atoms with Gasteiger partial charge in [-0.3, -0.25) is 4.79 Å². The van der Waals surface area contributed by atoms with E-state index in [-0.39, 0.29) is 29.3 Å². The Bertz CT molecular complexity index is 687. The van der Waals surface area contributed by atoms with Crippen molar-refractivity contribution >= 4 is 5.78 Å². The molecule has 0 fully saturated rings. The lowest BCUT2D eigenvalue weighted by Crippen LogP contribution is -2.05. The monoisotopic (exact) mass is 298 g/mol. The Morgan fingerprint density at radius 3 is 2.45 bits per heavy atom. The Labute approximate surface area is 129 Å². The highest BCUT2D eigenvalue weighted by molar-refractivity contribution is 6.00. The first-order chi connectivity index (χ1) is 10.6. The number of allylic oxidation sites excluding steroid dienone is 1. The number of carbonyl (C=O) groups excluding carboxylic acids is 1. The number of phenols is 2. The van der Waals surface area contributed by atoms with E-state index >= 15 is 0 Å². The summed E-state index contributed by atoms with van der Waals surface area (Å²) in [6.07, 6.45) is 2.02. The minimum absolute atomic E-state index is 0.0432. The molecule has 0 saturated heterocycles. The highest BCUT2D eigenvalue weighted by Gasteiger charge is 2.17. The number of ether oxygens (including phenoxy) is 1. The number of hydrogen-bond donors (Lipinski definition) is 2. The van der Waals surface area contributed by atoms with Crippen molar-refractivity contribution in [2.45, 2.75) is 12.8 Å². The maximum absolute atomic E-state index is 12.4. The SMILES string of the molecule is C=CCc1c(O)ccc(C(=O)Cc2ccc(OC)cc2)c1O. The van der Waals surface area contributed by atoms with E-state index in [0.29, 0.717) is 12.0 Å². The fourth-order valence-electron chi connectivity index (χ4n) is 2.22. The molecule has 0 radical (unpaired) electrons. The summed E-state index contributed by atoms with van der Waals surface area (Å²) in [5.41, 5.74) is 1.34. The highest BCUT2D eigenvalue weighted by Crippen LogP contribution is 2.32. The Morgan fingerprint density at radius 2 is 1.86 bits per heavy atom. The molecule has 0 unspecified atom stereocenters. The molecule has 4 nitrogen and oxygen atoms in total. The molecular weight excluding hydrogens is 280 g/mol. The zero-order valence-electron chi connectivity index (χ0n) is 12.4. The van der Waals surface area contributed by atoms with Gasteiger partial charge in [0.1, 0.15) is 17.2 Å². The Kier molecular flexibility index (Phi) is 4.84. The van der Waals surface area contributed by atoms with Gasteiger partial charge in [0.25, 0.3) is 0 Å². The highest BCUT2D eigenvalue weighted by atomic mass is 16.5. The summed E-state index contributed by atoms with van der Waals surface area (Å²) in [5.74, 6) is 0.279. The molecule has 0 saturated carbocycles. The summed E-state index contributed by atoms with van der Waals surface area (Å²) < 4.78 is 5.07. The molecule has 114 valence electrons. The van der Waals surface area contributed by atoms with Crippen LogP contribution in [-0.2, 0) is 12.8 Å². The normalized spacial score (nSPS) is 10.2. The molecule has 2 N–H and O–H groups in total. The molecule has 2 aromatic carbocycles. The van der Waals surface area contributed by atoms with Crippen molar-refractivity contribution in [1.29, 1.82) is 0 Å². The molecule has 2 rings (SSSR count). The molecule has 4 heteroatoms. The van der Waals surface area contributed by atoms with Gasteiger partial charge in [0.15, 0.2) is 5.78 Å². The topological polar surface area (TPSA) is 66.8 Å². The van der Waals surface area contributed by atoms with Crippen molar-refractivity contribution in [3.63, 3.8) is 0 Å². The summed E-state index contributed by atoms with van der Waals surface area (Å²) in [5, 5.41) is 19.9. The number of ketones is 1. The molecular formula is C18H18O4. The number of phenolic OH excluding ortho intramolecular Hbond substituents is 2. The molecule has 0 amide bonds. The van der Waals surface area contributed by atoms with Crippen LogP contribution in [-0.4, -0.2) is 23.1 Å². The number of rotatable bonds is 6. The van der Waals surface area contributed by atoms with Gasteiger partial charge in [0.2, 0.25) is 0 Å². The average molecular weight is 298 g/mol. The van der Waals surface area contributed by atoms with Gasteiger partial charge in [0.05, 0.1) is 12.7 Å². The number of benzene rings is 2. The van der Waals surface area contributed by atoms with Crippen LogP contribution in [0.25, 0.3) is 0 Å². The van der Waals surface area contributed by atoms with E-state index in [0.717, 1.165) is 11.3 Å². The lowest BCUT2D eigenvalue weighted by Gasteiger charge is -2.10. The molecule has 0 heterocycles. The third-order valence-corrected chi connectivity index (χ3v) is 3.43. The largest absolute Gasteiger partial charge is 0.508 e. The van der Waals surface area contributed by atoms with E-state index in [9.17, 15) is 15.0 Å². The van der Waals surface area contributed by atoms with Crippen LogP contribution in [0, 0.1) is 0 Å². The second-order valence-electron chi connectivity index (χ2n) is 4.90. The van der Waals surface area contributed by atoms with Crippen molar-refractivity contribution in [2.24, 2.45) is 0 Å². The van der Waals surface area contributed by atoms with Crippen molar-refractivity contribution in [1.82, 2.24) is 0 Å². The van der Waals surface area contributed by atoms with Gasteiger partial charge in [-0.15, -0.1) is 6.58 Å². The fraction of sp³-hybridized carbons (Fsp3) is 0.167. The van der Waals surface area contributed by atoms with Crippen LogP contribution < -0.4 is 4.74 Å². The van der Waals surface area contributed by atoms with Crippen LogP contribution in [0.3, 0.4) is 0 Å². The molecule has 0 aliphatic carbocycles. The Morgan fingerprint density at radius 1 is 1.18 bits per heavy atom. The number of aromatic hydroxyl groups is 2. The first-order valence-electron chi connectivity index (χ1n) is 6.87. The quantitative estimate of drug-likeness (QED) is 0.634. The smallest absolute Gasteiger partial charge is 0.170 e. The van der Waals surface area contributed by atoms with Crippen molar-refractivity contribution in [2.75, 3.05) is 7.11 Å². The van der Waals surface area contributed by atoms with Gasteiger partial charge in [-0.25, -0.2) is 0 Å². The number of hydrogen-bond acceptors (Lipinski definition) is 4. The van der Waals surface area contributed by atoms with E-state index in [4.69, 9.17) is 4.74 Å². The number of methoxy groups -OCH3 is 1. The van der Waals surface area contributed by atoms with E-state index in [1.165, 1.54) is 12.1 Å². The zero-order chi connectivity index (χ0) is 16.1. The van der Waals surface area contributed by atoms with Gasteiger partial charge in [-0.05, 0) is 36.2 Å². The molecule has 22 heavy (non-hydrogen) atoms. The van der Waals surface area contributed by atoms with Crippen LogP contribution >= 0.6 is 0 Å². The predicted octanol–water partition coefficient (Wildman–Crippen LogP) is 3.26. The van der Waals surface area contributed by atoms with Crippen LogP contribution in [0.2, 0.25) is 0 Å². The summed E-state index contributed by atoms with van der Waals surface area (Å²) in [6.45, 7) is 3.58. The predicted molar refractivity (Wildman–Crippen MR) is 84.7 cm³/mol. The lowest BCUT2D eigenvalue weighted by molar-refractivity contribution is 0.0990. The summed E-state index contributed by atoms with van der Waals surface area (Å²) in [6, 6.07) is 10.0. The number of carbonyl (C=O) groups is 1. The van der Waals surface area contributed by atoms with Crippen molar-refractivity contribution in [3.8, 4) is 17.2 Å². The maximum atomic E-state index is 12.4. The zero-order valence-corrected chi connectivity index (χ0v) is 12.4. The molecule has 0 atom stereocenters. The van der Waals surface area contributed by atoms with Crippen molar-refractivity contribution in [3.05, 3.63) is 65.7 Å². The van der Waals surface area contributed by atoms with Crippen LogP contribution in [0.1, 0.15) is 21.5 Å². The Hall–Kier alpha value is -2.75. The van der Waals surface area contributed by atoms with E-state index in [1.54, 1.807) is 37.5 Å². The van der Waals surface area contributed by atoms with Crippen molar-refractivity contribution < 1.29 is 19.7 Å². The summed E-state index contributed by atoms with van der Waals surface area (Å²) in [4.78, 5) is 12.4. The van der Waals surface area contributed by atoms with Gasteiger partial charge < -0.3 is 14.9 Å². The molecule has 0 spiro atoms. The third kappa shape index (κ3) is 3.28. The first-order valence-corrected chi connectivity index (χ1v) is 6.87. The molecule has 0 aliphatic heterocycles. The second-order valence-corrected chi connectivity index (χ2v) is 4.90. The number of Topliss-reactive ketones (excluding diaryl/α,β-unsaturated/α-hetero) is 1. The van der Waals surface area contributed by atoms with Gasteiger partial charge >= 0.3 is 0 Å². The third-order valence-electron chi connectivity index (χ3n) is 3.43. The maximum Gasteiger partial charge on any atom is 0.170 e. The van der Waals surface area contributed by atoms with Crippen LogP contribution in [0.5, 0.6) is 17.2 Å². The van der Waals surface area contributed by atoms with E-state index < -0.39 is 0 Å². The standard InChI is InChI=1S/C18H18O4/c1-3-4-14-16(19)10-9-15(18(14)21)17(20)11-12-5-7-13(22-2)8-6-12/h3,5-10,19,21H,1,4,11H2,2H3. The van der Waals surface area contributed by atoms with E-state index in [2.05, 4.69) is 6.58 Å². The van der Waals surface area contributed by atoms with Gasteiger partial charge in [-0.2, -0.15) is 0 Å². The van der Waals surface area contributed by atoms with E-state index in [1.807, 2.05) is 0 Å². The average Bonchev–Trinajstić information content (AvgIpc) is 2.52. The van der Waals surface area contributed by atoms with Crippen LogP contribution in [0.15, 0.2) is 49.1 Å². The molecule has 0 bridgehead atoms. The van der Waals surface area contributed by atoms with Gasteiger partial charge in [0, 0.05) is 12.0 Å². The minimum atomic E-state index is -0.215. The first kappa shape index (κ1) is 15.6. The fourth-order valence-corrected chi connectivity index (χ4v) is 2.22. The summed E-state index contributed by atoms with van der Waals surface area (Å²) >= 11 is 0. The van der Waals surface area contributed by atoms with Crippen LogP contribution in [0.4, 0.5) is 0 Å².